The smallest absolute Gasteiger partial charge is 0.123 e. The minimum atomic E-state index is -0.250. The molecule has 0 fully saturated rings. The SMILES string of the molecule is CC(C)c1sc(Br)c(-c2ccc(F)cc2)c1CO. The molecule has 0 aliphatic carbocycles. The molecule has 0 atom stereocenters. The van der Waals surface area contributed by atoms with E-state index in [2.05, 4.69) is 29.8 Å². The average molecular weight is 329 g/mol. The molecule has 0 amide bonds. The van der Waals surface area contributed by atoms with Crippen LogP contribution < -0.4 is 0 Å². The zero-order valence-corrected chi connectivity index (χ0v) is 12.6. The second-order valence-corrected chi connectivity index (χ2v) is 6.78. The van der Waals surface area contributed by atoms with Gasteiger partial charge in [-0.1, -0.05) is 26.0 Å². The normalized spacial score (nSPS) is 11.2. The molecule has 0 aliphatic rings. The molecule has 1 nitrogen and oxygen atoms in total. The molecule has 1 N–H and O–H groups in total. The second kappa shape index (κ2) is 5.51. The largest absolute Gasteiger partial charge is 0.392 e. The molecule has 2 rings (SSSR count). The second-order valence-electron chi connectivity index (χ2n) is 4.41. The lowest BCUT2D eigenvalue weighted by atomic mass is 10.00. The fourth-order valence-electron chi connectivity index (χ4n) is 1.98. The van der Waals surface area contributed by atoms with Gasteiger partial charge in [0.15, 0.2) is 0 Å². The Morgan fingerprint density at radius 2 is 1.89 bits per heavy atom. The van der Waals surface area contributed by atoms with Crippen LogP contribution in [-0.4, -0.2) is 5.11 Å². The van der Waals surface area contributed by atoms with Crippen LogP contribution in [0, 0.1) is 5.82 Å². The molecule has 0 spiro atoms. The highest BCUT2D eigenvalue weighted by Crippen LogP contribution is 2.43. The highest BCUT2D eigenvalue weighted by atomic mass is 79.9. The monoisotopic (exact) mass is 328 g/mol. The van der Waals surface area contributed by atoms with Crippen molar-refractivity contribution in [3.8, 4) is 11.1 Å². The Bertz CT molecular complexity index is 546. The number of hydrogen-bond acceptors (Lipinski definition) is 2. The van der Waals surface area contributed by atoms with Crippen LogP contribution in [-0.2, 0) is 6.61 Å². The Labute approximate surface area is 118 Å². The molecular formula is C14H14BrFOS. The van der Waals surface area contributed by atoms with Crippen LogP contribution in [0.3, 0.4) is 0 Å². The van der Waals surface area contributed by atoms with E-state index in [9.17, 15) is 9.50 Å². The molecule has 0 radical (unpaired) electrons. The third-order valence-corrected chi connectivity index (χ3v) is 5.01. The molecule has 0 unspecified atom stereocenters. The summed E-state index contributed by atoms with van der Waals surface area (Å²) in [6.07, 6.45) is 0. The van der Waals surface area contributed by atoms with Crippen molar-refractivity contribution in [2.24, 2.45) is 0 Å². The van der Waals surface area contributed by atoms with E-state index < -0.39 is 0 Å². The lowest BCUT2D eigenvalue weighted by molar-refractivity contribution is 0.281. The Morgan fingerprint density at radius 3 is 2.39 bits per heavy atom. The Kier molecular flexibility index (Phi) is 4.20. The Balaban J connectivity index is 2.59. The van der Waals surface area contributed by atoms with E-state index in [1.165, 1.54) is 17.0 Å². The molecule has 0 aliphatic heterocycles. The number of aliphatic hydroxyl groups is 1. The summed E-state index contributed by atoms with van der Waals surface area (Å²) in [5, 5.41) is 9.59. The first kappa shape index (κ1) is 13.7. The first-order chi connectivity index (χ1) is 8.54. The zero-order valence-electron chi connectivity index (χ0n) is 10.2. The summed E-state index contributed by atoms with van der Waals surface area (Å²) in [4.78, 5) is 1.17. The van der Waals surface area contributed by atoms with Crippen LogP contribution in [0.2, 0.25) is 0 Å². The van der Waals surface area contributed by atoms with E-state index in [1.807, 2.05) is 0 Å². The molecule has 0 saturated heterocycles. The van der Waals surface area contributed by atoms with Crippen molar-refractivity contribution in [3.05, 3.63) is 44.3 Å². The minimum absolute atomic E-state index is 0.00230. The average Bonchev–Trinajstić information content (AvgIpc) is 2.67. The third kappa shape index (κ3) is 2.51. The van der Waals surface area contributed by atoms with E-state index >= 15 is 0 Å². The van der Waals surface area contributed by atoms with Crippen LogP contribution in [0.5, 0.6) is 0 Å². The van der Waals surface area contributed by atoms with Crippen molar-refractivity contribution in [1.29, 1.82) is 0 Å². The number of thiophene rings is 1. The first-order valence-corrected chi connectivity index (χ1v) is 7.33. The quantitative estimate of drug-likeness (QED) is 0.846. The number of benzene rings is 1. The molecular weight excluding hydrogens is 315 g/mol. The van der Waals surface area contributed by atoms with Crippen molar-refractivity contribution in [2.45, 2.75) is 26.4 Å². The fourth-order valence-corrected chi connectivity index (χ4v) is 4.03. The summed E-state index contributed by atoms with van der Waals surface area (Å²) in [7, 11) is 0. The lowest BCUT2D eigenvalue weighted by Crippen LogP contribution is -1.93. The molecule has 96 valence electrons. The Hall–Kier alpha value is -0.710. The summed E-state index contributed by atoms with van der Waals surface area (Å²) < 4.78 is 13.9. The van der Waals surface area contributed by atoms with Gasteiger partial charge in [0.25, 0.3) is 0 Å². The predicted octanol–water partition coefficient (Wildman–Crippen LogP) is 4.93. The van der Waals surface area contributed by atoms with Crippen molar-refractivity contribution in [1.82, 2.24) is 0 Å². The molecule has 4 heteroatoms. The van der Waals surface area contributed by atoms with Gasteiger partial charge in [0.05, 0.1) is 10.4 Å². The van der Waals surface area contributed by atoms with E-state index in [0.29, 0.717) is 5.92 Å². The van der Waals surface area contributed by atoms with E-state index in [4.69, 9.17) is 0 Å². The standard InChI is InChI=1S/C14H14BrFOS/c1-8(2)13-11(7-17)12(14(15)18-13)9-3-5-10(16)6-4-9/h3-6,8,17H,7H2,1-2H3. The minimum Gasteiger partial charge on any atom is -0.392 e. The molecule has 0 bridgehead atoms. The van der Waals surface area contributed by atoms with Gasteiger partial charge in [0, 0.05) is 16.0 Å². The summed E-state index contributed by atoms with van der Waals surface area (Å²) in [6.45, 7) is 4.21. The van der Waals surface area contributed by atoms with E-state index in [-0.39, 0.29) is 12.4 Å². The molecule has 1 heterocycles. The molecule has 2 aromatic rings. The van der Waals surface area contributed by atoms with Gasteiger partial charge in [0.2, 0.25) is 0 Å². The number of rotatable bonds is 3. The van der Waals surface area contributed by atoms with Gasteiger partial charge in [0.1, 0.15) is 5.82 Å². The number of aliphatic hydroxyl groups excluding tert-OH is 1. The van der Waals surface area contributed by atoms with Crippen molar-refractivity contribution < 1.29 is 9.50 Å². The van der Waals surface area contributed by atoms with E-state index in [0.717, 1.165) is 20.5 Å². The van der Waals surface area contributed by atoms with Gasteiger partial charge in [-0.15, -0.1) is 11.3 Å². The van der Waals surface area contributed by atoms with Crippen LogP contribution in [0.15, 0.2) is 28.1 Å². The maximum absolute atomic E-state index is 13.0. The topological polar surface area (TPSA) is 20.2 Å². The van der Waals surface area contributed by atoms with Gasteiger partial charge in [-0.25, -0.2) is 4.39 Å². The first-order valence-electron chi connectivity index (χ1n) is 5.72. The van der Waals surface area contributed by atoms with Gasteiger partial charge in [-0.3, -0.25) is 0 Å². The Morgan fingerprint density at radius 1 is 1.28 bits per heavy atom. The predicted molar refractivity (Wildman–Crippen MR) is 77.4 cm³/mol. The lowest BCUT2D eigenvalue weighted by Gasteiger charge is -2.07. The van der Waals surface area contributed by atoms with Crippen molar-refractivity contribution >= 4 is 27.3 Å². The molecule has 1 aromatic carbocycles. The molecule has 1 aromatic heterocycles. The van der Waals surface area contributed by atoms with Crippen LogP contribution in [0.4, 0.5) is 4.39 Å². The van der Waals surface area contributed by atoms with Crippen LogP contribution in [0.25, 0.3) is 11.1 Å². The number of halogens is 2. The van der Waals surface area contributed by atoms with Gasteiger partial charge >= 0.3 is 0 Å². The van der Waals surface area contributed by atoms with Gasteiger partial charge in [-0.2, -0.15) is 0 Å². The number of hydrogen-bond donors (Lipinski definition) is 1. The van der Waals surface area contributed by atoms with Crippen LogP contribution >= 0.6 is 27.3 Å². The summed E-state index contributed by atoms with van der Waals surface area (Å²) >= 11 is 5.18. The fraction of sp³-hybridized carbons (Fsp3) is 0.286. The highest BCUT2D eigenvalue weighted by molar-refractivity contribution is 9.11. The zero-order chi connectivity index (χ0) is 13.3. The molecule has 18 heavy (non-hydrogen) atoms. The summed E-state index contributed by atoms with van der Waals surface area (Å²) in [5.74, 6) is 0.113. The van der Waals surface area contributed by atoms with Crippen molar-refractivity contribution in [2.75, 3.05) is 0 Å². The summed E-state index contributed by atoms with van der Waals surface area (Å²) in [6, 6.07) is 6.36. The molecule has 0 saturated carbocycles. The van der Waals surface area contributed by atoms with Crippen molar-refractivity contribution in [3.63, 3.8) is 0 Å². The van der Waals surface area contributed by atoms with Gasteiger partial charge < -0.3 is 5.11 Å². The maximum atomic E-state index is 13.0. The summed E-state index contributed by atoms with van der Waals surface area (Å²) in [5.41, 5.74) is 2.84. The maximum Gasteiger partial charge on any atom is 0.123 e. The van der Waals surface area contributed by atoms with Crippen LogP contribution in [0.1, 0.15) is 30.2 Å². The third-order valence-electron chi connectivity index (χ3n) is 2.81. The highest BCUT2D eigenvalue weighted by Gasteiger charge is 2.19. The van der Waals surface area contributed by atoms with Gasteiger partial charge in [-0.05, 0) is 39.5 Å². The van der Waals surface area contributed by atoms with E-state index in [1.54, 1.807) is 23.5 Å².